The second-order valence-electron chi connectivity index (χ2n) is 5.40. The fourth-order valence-electron chi connectivity index (χ4n) is 3.23. The lowest BCUT2D eigenvalue weighted by Crippen LogP contribution is -2.19. The first-order valence-electron chi connectivity index (χ1n) is 6.84. The van der Waals surface area contributed by atoms with Crippen molar-refractivity contribution in [3.63, 3.8) is 0 Å². The number of esters is 1. The number of hydrogen-bond acceptors (Lipinski definition) is 3. The third-order valence-electron chi connectivity index (χ3n) is 4.45. The maximum atomic E-state index is 11.9. The fraction of sp³-hybridized carbons (Fsp3) is 0.375. The SMILES string of the molecule is COC(=O)c1cncn1C1c2ccccc2C(C)C1C. The van der Waals surface area contributed by atoms with Crippen LogP contribution in [-0.4, -0.2) is 22.6 Å². The molecule has 0 N–H and O–H groups in total. The molecular formula is C16H18N2O2. The number of nitrogens with zero attached hydrogens (tertiary/aromatic N) is 2. The van der Waals surface area contributed by atoms with Crippen LogP contribution in [0.4, 0.5) is 0 Å². The van der Waals surface area contributed by atoms with Gasteiger partial charge in [-0.3, -0.25) is 0 Å². The Morgan fingerprint density at radius 1 is 1.25 bits per heavy atom. The summed E-state index contributed by atoms with van der Waals surface area (Å²) in [5, 5.41) is 0. The Labute approximate surface area is 118 Å². The molecule has 3 atom stereocenters. The van der Waals surface area contributed by atoms with Crippen LogP contribution in [0.15, 0.2) is 36.8 Å². The number of aromatic nitrogens is 2. The van der Waals surface area contributed by atoms with Crippen LogP contribution < -0.4 is 0 Å². The van der Waals surface area contributed by atoms with Crippen LogP contribution in [0.2, 0.25) is 0 Å². The van der Waals surface area contributed by atoms with Crippen molar-refractivity contribution in [2.75, 3.05) is 7.11 Å². The number of carbonyl (C=O) groups excluding carboxylic acids is 1. The highest BCUT2D eigenvalue weighted by molar-refractivity contribution is 5.87. The van der Waals surface area contributed by atoms with Crippen LogP contribution in [0.3, 0.4) is 0 Å². The van der Waals surface area contributed by atoms with Crippen molar-refractivity contribution in [2.24, 2.45) is 5.92 Å². The molecular weight excluding hydrogens is 252 g/mol. The van der Waals surface area contributed by atoms with Crippen LogP contribution in [0, 0.1) is 5.92 Å². The zero-order valence-electron chi connectivity index (χ0n) is 11.9. The van der Waals surface area contributed by atoms with Gasteiger partial charge in [0, 0.05) is 0 Å². The second-order valence-corrected chi connectivity index (χ2v) is 5.40. The Balaban J connectivity index is 2.12. The van der Waals surface area contributed by atoms with Gasteiger partial charge in [0.25, 0.3) is 0 Å². The highest BCUT2D eigenvalue weighted by Crippen LogP contribution is 2.46. The van der Waals surface area contributed by atoms with Crippen molar-refractivity contribution in [2.45, 2.75) is 25.8 Å². The minimum Gasteiger partial charge on any atom is -0.464 e. The molecule has 4 heteroatoms. The summed E-state index contributed by atoms with van der Waals surface area (Å²) < 4.78 is 6.79. The van der Waals surface area contributed by atoms with E-state index < -0.39 is 0 Å². The number of rotatable bonds is 2. The number of fused-ring (bicyclic) bond motifs is 1. The molecule has 0 fully saturated rings. The lowest BCUT2D eigenvalue weighted by molar-refractivity contribution is 0.0585. The molecule has 3 rings (SSSR count). The summed E-state index contributed by atoms with van der Waals surface area (Å²) in [5.74, 6) is 0.529. The molecule has 104 valence electrons. The smallest absolute Gasteiger partial charge is 0.356 e. The average Bonchev–Trinajstić information content (AvgIpc) is 3.03. The van der Waals surface area contributed by atoms with E-state index in [1.165, 1.54) is 18.2 Å². The summed E-state index contributed by atoms with van der Waals surface area (Å²) in [6, 6.07) is 8.56. The summed E-state index contributed by atoms with van der Waals surface area (Å²) in [5.41, 5.74) is 3.14. The molecule has 0 amide bonds. The molecule has 1 aromatic heterocycles. The van der Waals surface area contributed by atoms with E-state index in [9.17, 15) is 4.79 Å². The van der Waals surface area contributed by atoms with Gasteiger partial charge in [-0.05, 0) is 23.0 Å². The molecule has 0 aliphatic heterocycles. The Morgan fingerprint density at radius 2 is 1.95 bits per heavy atom. The van der Waals surface area contributed by atoms with Gasteiger partial charge in [0.05, 0.1) is 25.7 Å². The second kappa shape index (κ2) is 4.78. The van der Waals surface area contributed by atoms with Crippen LogP contribution in [-0.2, 0) is 4.74 Å². The maximum absolute atomic E-state index is 11.9. The average molecular weight is 270 g/mol. The number of carbonyl (C=O) groups is 1. The zero-order chi connectivity index (χ0) is 14.3. The first-order chi connectivity index (χ1) is 9.65. The molecule has 0 saturated carbocycles. The number of ether oxygens (including phenoxy) is 1. The quantitative estimate of drug-likeness (QED) is 0.788. The predicted molar refractivity (Wildman–Crippen MR) is 75.7 cm³/mol. The minimum atomic E-state index is -0.341. The van der Waals surface area contributed by atoms with Gasteiger partial charge in [0.15, 0.2) is 0 Å². The first kappa shape index (κ1) is 12.9. The topological polar surface area (TPSA) is 44.1 Å². The van der Waals surface area contributed by atoms with Crippen molar-refractivity contribution < 1.29 is 9.53 Å². The lowest BCUT2D eigenvalue weighted by atomic mass is 9.94. The third-order valence-corrected chi connectivity index (χ3v) is 4.45. The summed E-state index contributed by atoms with van der Waals surface area (Å²) in [6.45, 7) is 4.45. The summed E-state index contributed by atoms with van der Waals surface area (Å²) in [7, 11) is 1.40. The van der Waals surface area contributed by atoms with Gasteiger partial charge in [-0.2, -0.15) is 0 Å². The van der Waals surface area contributed by atoms with Crippen LogP contribution in [0.5, 0.6) is 0 Å². The van der Waals surface area contributed by atoms with E-state index >= 15 is 0 Å². The number of benzene rings is 1. The van der Waals surface area contributed by atoms with E-state index in [0.29, 0.717) is 17.5 Å². The van der Waals surface area contributed by atoms with E-state index in [1.54, 1.807) is 12.5 Å². The van der Waals surface area contributed by atoms with Crippen molar-refractivity contribution >= 4 is 5.97 Å². The van der Waals surface area contributed by atoms with E-state index in [2.05, 4.69) is 37.0 Å². The molecule has 0 radical (unpaired) electrons. The summed E-state index contributed by atoms with van der Waals surface area (Å²) in [6.07, 6.45) is 3.30. The third kappa shape index (κ3) is 1.75. The lowest BCUT2D eigenvalue weighted by Gasteiger charge is -2.22. The Hall–Kier alpha value is -2.10. The van der Waals surface area contributed by atoms with Gasteiger partial charge in [-0.15, -0.1) is 0 Å². The summed E-state index contributed by atoms with van der Waals surface area (Å²) >= 11 is 0. The highest BCUT2D eigenvalue weighted by Gasteiger charge is 2.37. The van der Waals surface area contributed by atoms with Crippen molar-refractivity contribution in [1.82, 2.24) is 9.55 Å². The number of hydrogen-bond donors (Lipinski definition) is 0. The Kier molecular flexibility index (Phi) is 3.08. The van der Waals surface area contributed by atoms with Crippen LogP contribution in [0.1, 0.15) is 47.4 Å². The minimum absolute atomic E-state index is 0.137. The number of imidazole rings is 1. The molecule has 3 unspecified atom stereocenters. The molecule has 0 bridgehead atoms. The number of methoxy groups -OCH3 is 1. The molecule has 1 aliphatic carbocycles. The van der Waals surface area contributed by atoms with Gasteiger partial charge >= 0.3 is 5.97 Å². The molecule has 4 nitrogen and oxygen atoms in total. The van der Waals surface area contributed by atoms with Crippen LogP contribution in [0.25, 0.3) is 0 Å². The maximum Gasteiger partial charge on any atom is 0.356 e. The van der Waals surface area contributed by atoms with Gasteiger partial charge in [-0.25, -0.2) is 9.78 Å². The fourth-order valence-corrected chi connectivity index (χ4v) is 3.23. The van der Waals surface area contributed by atoms with Gasteiger partial charge in [0.1, 0.15) is 5.69 Å². The monoisotopic (exact) mass is 270 g/mol. The van der Waals surface area contributed by atoms with Crippen molar-refractivity contribution in [3.05, 3.63) is 53.6 Å². The Bertz CT molecular complexity index is 647. The molecule has 1 heterocycles. The highest BCUT2D eigenvalue weighted by atomic mass is 16.5. The van der Waals surface area contributed by atoms with E-state index in [0.717, 1.165) is 0 Å². The molecule has 0 spiro atoms. The van der Waals surface area contributed by atoms with Crippen molar-refractivity contribution in [3.8, 4) is 0 Å². The standard InChI is InChI=1S/C16H18N2O2/c1-10-11(2)15(13-7-5-4-6-12(10)13)18-9-17-8-14(18)16(19)20-3/h4-11,15H,1-3H3. The Morgan fingerprint density at radius 3 is 2.65 bits per heavy atom. The van der Waals surface area contributed by atoms with Crippen LogP contribution >= 0.6 is 0 Å². The largest absolute Gasteiger partial charge is 0.464 e. The van der Waals surface area contributed by atoms with Gasteiger partial charge in [-0.1, -0.05) is 38.1 Å². The van der Waals surface area contributed by atoms with E-state index in [4.69, 9.17) is 4.74 Å². The summed E-state index contributed by atoms with van der Waals surface area (Å²) in [4.78, 5) is 16.0. The van der Waals surface area contributed by atoms with Gasteiger partial charge < -0.3 is 9.30 Å². The van der Waals surface area contributed by atoms with Crippen molar-refractivity contribution in [1.29, 1.82) is 0 Å². The van der Waals surface area contributed by atoms with E-state index in [1.807, 2.05) is 10.6 Å². The molecule has 2 aromatic rings. The normalized spacial score (nSPS) is 24.4. The van der Waals surface area contributed by atoms with Gasteiger partial charge in [0.2, 0.25) is 0 Å². The molecule has 20 heavy (non-hydrogen) atoms. The molecule has 1 aliphatic rings. The zero-order valence-corrected chi connectivity index (χ0v) is 11.9. The molecule has 1 aromatic carbocycles. The first-order valence-corrected chi connectivity index (χ1v) is 6.84. The van der Waals surface area contributed by atoms with E-state index in [-0.39, 0.29) is 12.0 Å². The molecule has 0 saturated heterocycles. The predicted octanol–water partition coefficient (Wildman–Crippen LogP) is 3.01.